The highest BCUT2D eigenvalue weighted by Gasteiger charge is 2.36. The number of aromatic hydroxyl groups is 1. The topological polar surface area (TPSA) is 88.3 Å². The third-order valence-corrected chi connectivity index (χ3v) is 5.74. The van der Waals surface area contributed by atoms with E-state index < -0.39 is 0 Å². The highest BCUT2D eigenvalue weighted by atomic mass is 16.3. The van der Waals surface area contributed by atoms with E-state index in [9.17, 15) is 14.7 Å². The smallest absolute Gasteiger partial charge is 0.261 e. The fraction of sp³-hybridized carbons (Fsp3) is 0.200. The monoisotopic (exact) mass is 426 g/mol. The van der Waals surface area contributed by atoms with Crippen molar-refractivity contribution < 1.29 is 14.7 Å². The lowest BCUT2D eigenvalue weighted by Crippen LogP contribution is -2.29. The van der Waals surface area contributed by atoms with Crippen molar-refractivity contribution in [3.8, 4) is 11.4 Å². The van der Waals surface area contributed by atoms with E-state index in [1.807, 2.05) is 36.4 Å². The van der Waals surface area contributed by atoms with E-state index in [0.717, 1.165) is 5.56 Å². The van der Waals surface area contributed by atoms with Crippen LogP contribution in [0.1, 0.15) is 52.6 Å². The molecule has 2 heterocycles. The summed E-state index contributed by atoms with van der Waals surface area (Å²) in [4.78, 5) is 28.3. The third-order valence-electron chi connectivity index (χ3n) is 5.74. The second-order valence-electron chi connectivity index (χ2n) is 8.97. The number of phenols is 1. The lowest BCUT2D eigenvalue weighted by molar-refractivity contribution is 0.0641. The molecule has 1 aliphatic heterocycles. The van der Waals surface area contributed by atoms with Crippen molar-refractivity contribution >= 4 is 22.8 Å². The van der Waals surface area contributed by atoms with Gasteiger partial charge in [-0.3, -0.25) is 14.5 Å². The summed E-state index contributed by atoms with van der Waals surface area (Å²) in [6.07, 6.45) is 0. The third kappa shape index (κ3) is 3.13. The van der Waals surface area contributed by atoms with Gasteiger partial charge in [-0.2, -0.15) is 0 Å². The Balaban J connectivity index is 1.62. The van der Waals surface area contributed by atoms with Crippen molar-refractivity contribution in [2.75, 3.05) is 0 Å². The molecule has 0 spiro atoms. The molecular formula is C25H22N4O3. The van der Waals surface area contributed by atoms with Gasteiger partial charge >= 0.3 is 0 Å². The molecule has 7 nitrogen and oxygen atoms in total. The number of rotatable bonds is 3. The predicted octanol–water partition coefficient (Wildman–Crippen LogP) is 4.22. The van der Waals surface area contributed by atoms with Crippen LogP contribution in [0.3, 0.4) is 0 Å². The van der Waals surface area contributed by atoms with Gasteiger partial charge < -0.3 is 5.11 Å². The molecule has 0 bridgehead atoms. The van der Waals surface area contributed by atoms with Gasteiger partial charge in [0.15, 0.2) is 0 Å². The van der Waals surface area contributed by atoms with Crippen LogP contribution in [0.15, 0.2) is 60.7 Å². The summed E-state index contributed by atoms with van der Waals surface area (Å²) in [5, 5.41) is 20.2. The molecule has 0 saturated carbocycles. The number of benzene rings is 3. The number of nitrogens with zero attached hydrogens (tertiary/aromatic N) is 4. The normalized spacial score (nSPS) is 13.8. The molecule has 7 heteroatoms. The molecule has 160 valence electrons. The van der Waals surface area contributed by atoms with Crippen LogP contribution in [0.4, 0.5) is 0 Å². The number of amides is 2. The first-order chi connectivity index (χ1) is 15.2. The average Bonchev–Trinajstić information content (AvgIpc) is 3.29. The van der Waals surface area contributed by atoms with Crippen molar-refractivity contribution in [1.82, 2.24) is 19.9 Å². The first kappa shape index (κ1) is 19.9. The molecule has 0 atom stereocenters. The van der Waals surface area contributed by atoms with Gasteiger partial charge in [-0.25, -0.2) is 0 Å². The van der Waals surface area contributed by atoms with Crippen molar-refractivity contribution in [3.05, 3.63) is 82.9 Å². The Kier molecular flexibility index (Phi) is 4.37. The summed E-state index contributed by atoms with van der Waals surface area (Å²) in [5.41, 5.74) is 3.71. The van der Waals surface area contributed by atoms with Crippen molar-refractivity contribution in [1.29, 1.82) is 0 Å². The highest BCUT2D eigenvalue weighted by molar-refractivity contribution is 6.21. The fourth-order valence-electron chi connectivity index (χ4n) is 3.90. The standard InChI is InChI=1S/C25H22N4O3/c1-25(2,3)16-12-15(14-28-23(31)17-8-4-5-9-18(17)24(28)32)22(30)21(13-16)29-26-19-10-6-7-11-20(19)27-29/h4-13,30H,14H2,1-3H3. The number of imide groups is 1. The molecule has 5 rings (SSSR count). The Morgan fingerprint density at radius 3 is 1.91 bits per heavy atom. The molecule has 0 aliphatic carbocycles. The van der Waals surface area contributed by atoms with Gasteiger partial charge in [0.25, 0.3) is 11.8 Å². The van der Waals surface area contributed by atoms with Gasteiger partial charge in [0.1, 0.15) is 22.5 Å². The number of carbonyl (C=O) groups is 2. The molecule has 4 aromatic rings. The molecule has 2 amide bonds. The minimum Gasteiger partial charge on any atom is -0.505 e. The minimum absolute atomic E-state index is 0.0457. The van der Waals surface area contributed by atoms with Crippen LogP contribution >= 0.6 is 0 Å². The Bertz CT molecular complexity index is 1330. The van der Waals surface area contributed by atoms with Crippen LogP contribution in [-0.4, -0.2) is 36.8 Å². The number of carbonyl (C=O) groups excluding carboxylic acids is 2. The Morgan fingerprint density at radius 2 is 1.38 bits per heavy atom. The summed E-state index contributed by atoms with van der Waals surface area (Å²) < 4.78 is 0. The predicted molar refractivity (Wildman–Crippen MR) is 120 cm³/mol. The average molecular weight is 426 g/mol. The number of phenolic OH excluding ortho intramolecular Hbond substituents is 1. The zero-order chi connectivity index (χ0) is 22.6. The lowest BCUT2D eigenvalue weighted by atomic mass is 9.85. The second kappa shape index (κ2) is 7.02. The van der Waals surface area contributed by atoms with Gasteiger partial charge in [0, 0.05) is 5.56 Å². The molecule has 0 radical (unpaired) electrons. The first-order valence-electron chi connectivity index (χ1n) is 10.4. The minimum atomic E-state index is -0.365. The molecule has 0 unspecified atom stereocenters. The lowest BCUT2D eigenvalue weighted by Gasteiger charge is -2.23. The number of aromatic nitrogens is 3. The largest absolute Gasteiger partial charge is 0.505 e. The van der Waals surface area contributed by atoms with Crippen LogP contribution in [0.5, 0.6) is 5.75 Å². The maximum absolute atomic E-state index is 12.9. The van der Waals surface area contributed by atoms with Crippen LogP contribution in [0.2, 0.25) is 0 Å². The van der Waals surface area contributed by atoms with E-state index in [2.05, 4.69) is 31.0 Å². The van der Waals surface area contributed by atoms with Gasteiger partial charge in [-0.05, 0) is 47.4 Å². The summed E-state index contributed by atoms with van der Waals surface area (Å²) >= 11 is 0. The van der Waals surface area contributed by atoms with Crippen LogP contribution in [-0.2, 0) is 12.0 Å². The summed E-state index contributed by atoms with van der Waals surface area (Å²) in [6.45, 7) is 6.13. The summed E-state index contributed by atoms with van der Waals surface area (Å²) in [6, 6.07) is 17.9. The second-order valence-corrected chi connectivity index (χ2v) is 8.97. The zero-order valence-corrected chi connectivity index (χ0v) is 18.0. The SMILES string of the molecule is CC(C)(C)c1cc(CN2C(=O)c3ccccc3C2=O)c(O)c(-n2nc3ccccc3n2)c1. The molecule has 0 fully saturated rings. The molecule has 1 aromatic heterocycles. The fourth-order valence-corrected chi connectivity index (χ4v) is 3.90. The molecule has 1 N–H and O–H groups in total. The highest BCUT2D eigenvalue weighted by Crippen LogP contribution is 2.35. The summed E-state index contributed by atoms with van der Waals surface area (Å²) in [5.74, 6) is -0.791. The maximum atomic E-state index is 12.9. The Morgan fingerprint density at radius 1 is 0.844 bits per heavy atom. The van der Waals surface area contributed by atoms with Gasteiger partial charge in [0.05, 0.1) is 17.7 Å². The van der Waals surface area contributed by atoms with E-state index in [1.165, 1.54) is 9.70 Å². The molecule has 32 heavy (non-hydrogen) atoms. The molecule has 1 aliphatic rings. The van der Waals surface area contributed by atoms with Crippen LogP contribution in [0, 0.1) is 0 Å². The van der Waals surface area contributed by atoms with Crippen LogP contribution in [0.25, 0.3) is 16.7 Å². The van der Waals surface area contributed by atoms with E-state index in [-0.39, 0.29) is 29.5 Å². The number of hydrogen-bond acceptors (Lipinski definition) is 5. The van der Waals surface area contributed by atoms with E-state index in [0.29, 0.717) is 33.4 Å². The van der Waals surface area contributed by atoms with E-state index >= 15 is 0 Å². The number of hydrogen-bond donors (Lipinski definition) is 1. The zero-order valence-electron chi connectivity index (χ0n) is 18.0. The van der Waals surface area contributed by atoms with Gasteiger partial charge in [-0.15, -0.1) is 15.0 Å². The van der Waals surface area contributed by atoms with E-state index in [1.54, 1.807) is 24.3 Å². The molecule has 0 saturated heterocycles. The number of fused-ring (bicyclic) bond motifs is 2. The van der Waals surface area contributed by atoms with Crippen molar-refractivity contribution in [2.45, 2.75) is 32.7 Å². The molecular weight excluding hydrogens is 404 g/mol. The molecule has 3 aromatic carbocycles. The van der Waals surface area contributed by atoms with Crippen molar-refractivity contribution in [3.63, 3.8) is 0 Å². The van der Waals surface area contributed by atoms with Crippen LogP contribution < -0.4 is 0 Å². The maximum Gasteiger partial charge on any atom is 0.261 e. The van der Waals surface area contributed by atoms with Gasteiger partial charge in [-0.1, -0.05) is 45.0 Å². The van der Waals surface area contributed by atoms with Crippen molar-refractivity contribution in [2.24, 2.45) is 0 Å². The Hall–Kier alpha value is -4.00. The van der Waals surface area contributed by atoms with E-state index in [4.69, 9.17) is 0 Å². The van der Waals surface area contributed by atoms with Gasteiger partial charge in [0.2, 0.25) is 0 Å². The summed E-state index contributed by atoms with van der Waals surface area (Å²) in [7, 11) is 0. The Labute approximate surface area is 184 Å². The first-order valence-corrected chi connectivity index (χ1v) is 10.4. The quantitative estimate of drug-likeness (QED) is 0.496.